The monoisotopic (exact) mass is 242 g/mol. The maximum atomic E-state index is 9.80. The lowest BCUT2D eigenvalue weighted by atomic mass is 10.2. The molecule has 4 heteroatoms. The number of aliphatic hydroxyl groups excluding tert-OH is 1. The molecule has 2 atom stereocenters. The Labute approximate surface area is 102 Å². The number of nitrogens with zero attached hydrogens (tertiary/aromatic N) is 1. The van der Waals surface area contributed by atoms with Gasteiger partial charge in [-0.3, -0.25) is 4.90 Å². The zero-order chi connectivity index (χ0) is 12.0. The van der Waals surface area contributed by atoms with Crippen LogP contribution in [0.15, 0.2) is 17.5 Å². The minimum Gasteiger partial charge on any atom is -0.390 e. The molecule has 92 valence electrons. The zero-order valence-electron chi connectivity index (χ0n) is 10.3. The van der Waals surface area contributed by atoms with Crippen LogP contribution in [-0.4, -0.2) is 42.8 Å². The van der Waals surface area contributed by atoms with Gasteiger partial charge in [-0.1, -0.05) is 13.0 Å². The molecule has 1 rings (SSSR count). The Kier molecular flexibility index (Phi) is 5.98. The molecule has 0 saturated carbocycles. The third-order valence-electron chi connectivity index (χ3n) is 2.74. The third-order valence-corrected chi connectivity index (χ3v) is 3.79. The Hall–Kier alpha value is -0.420. The summed E-state index contributed by atoms with van der Waals surface area (Å²) in [5.74, 6) is 0. The van der Waals surface area contributed by atoms with Crippen LogP contribution in [0.4, 0.5) is 0 Å². The average molecular weight is 242 g/mol. The highest BCUT2D eigenvalue weighted by molar-refractivity contribution is 7.10. The van der Waals surface area contributed by atoms with Gasteiger partial charge in [0.05, 0.1) is 6.10 Å². The van der Waals surface area contributed by atoms with E-state index in [0.717, 1.165) is 6.54 Å². The molecule has 1 heterocycles. The van der Waals surface area contributed by atoms with E-state index in [9.17, 15) is 5.11 Å². The minimum absolute atomic E-state index is 0.299. The molecule has 0 aliphatic heterocycles. The van der Waals surface area contributed by atoms with Crippen molar-refractivity contribution in [2.45, 2.75) is 26.0 Å². The summed E-state index contributed by atoms with van der Waals surface area (Å²) in [5, 5.41) is 15.0. The van der Waals surface area contributed by atoms with Crippen LogP contribution in [0.25, 0.3) is 0 Å². The molecule has 0 spiro atoms. The highest BCUT2D eigenvalue weighted by Crippen LogP contribution is 2.23. The quantitative estimate of drug-likeness (QED) is 0.764. The molecular weight excluding hydrogens is 220 g/mol. The van der Waals surface area contributed by atoms with Crippen molar-refractivity contribution in [3.05, 3.63) is 22.4 Å². The molecule has 0 bridgehead atoms. The van der Waals surface area contributed by atoms with Crippen LogP contribution in [0.2, 0.25) is 0 Å². The van der Waals surface area contributed by atoms with Gasteiger partial charge in [0.25, 0.3) is 0 Å². The Morgan fingerprint density at radius 1 is 1.56 bits per heavy atom. The van der Waals surface area contributed by atoms with E-state index < -0.39 is 0 Å². The van der Waals surface area contributed by atoms with E-state index >= 15 is 0 Å². The Morgan fingerprint density at radius 3 is 2.88 bits per heavy atom. The lowest BCUT2D eigenvalue weighted by Crippen LogP contribution is -2.37. The maximum absolute atomic E-state index is 9.80. The summed E-state index contributed by atoms with van der Waals surface area (Å²) in [4.78, 5) is 3.53. The third kappa shape index (κ3) is 4.22. The number of aliphatic hydroxyl groups is 1. The van der Waals surface area contributed by atoms with Crippen LogP contribution in [0.1, 0.15) is 24.8 Å². The molecule has 3 nitrogen and oxygen atoms in total. The highest BCUT2D eigenvalue weighted by atomic mass is 32.1. The summed E-state index contributed by atoms with van der Waals surface area (Å²) in [5.41, 5.74) is 0. The fourth-order valence-electron chi connectivity index (χ4n) is 1.61. The van der Waals surface area contributed by atoms with Crippen LogP contribution in [0.5, 0.6) is 0 Å². The topological polar surface area (TPSA) is 35.5 Å². The van der Waals surface area contributed by atoms with Gasteiger partial charge in [-0.05, 0) is 32.0 Å². The highest BCUT2D eigenvalue weighted by Gasteiger charge is 2.15. The van der Waals surface area contributed by atoms with Crippen molar-refractivity contribution in [1.29, 1.82) is 0 Å². The molecule has 1 aromatic heterocycles. The predicted molar refractivity (Wildman–Crippen MR) is 69.9 cm³/mol. The summed E-state index contributed by atoms with van der Waals surface area (Å²) < 4.78 is 0. The normalized spacial score (nSPS) is 15.3. The molecule has 1 aromatic rings. The van der Waals surface area contributed by atoms with Crippen molar-refractivity contribution in [3.8, 4) is 0 Å². The molecule has 16 heavy (non-hydrogen) atoms. The van der Waals surface area contributed by atoms with E-state index in [-0.39, 0.29) is 6.10 Å². The summed E-state index contributed by atoms with van der Waals surface area (Å²) >= 11 is 1.77. The van der Waals surface area contributed by atoms with Gasteiger partial charge in [0.1, 0.15) is 0 Å². The van der Waals surface area contributed by atoms with Crippen molar-refractivity contribution < 1.29 is 5.11 Å². The SMILES string of the molecule is CCNCC(O)CN(C)C(C)c1cccs1. The Morgan fingerprint density at radius 2 is 2.31 bits per heavy atom. The van der Waals surface area contributed by atoms with E-state index in [1.165, 1.54) is 4.88 Å². The molecule has 2 unspecified atom stereocenters. The number of hydrogen-bond donors (Lipinski definition) is 2. The number of likely N-dealkylation sites (N-methyl/N-ethyl adjacent to an activating group) is 2. The van der Waals surface area contributed by atoms with Crippen LogP contribution in [0.3, 0.4) is 0 Å². The number of nitrogens with one attached hydrogen (secondary N) is 1. The summed E-state index contributed by atoms with van der Waals surface area (Å²) in [6.07, 6.45) is -0.299. The lowest BCUT2D eigenvalue weighted by Gasteiger charge is -2.26. The predicted octanol–water partition coefficient (Wildman–Crippen LogP) is 1.71. The van der Waals surface area contributed by atoms with Crippen LogP contribution >= 0.6 is 11.3 Å². The molecule has 0 radical (unpaired) electrons. The number of rotatable bonds is 7. The largest absolute Gasteiger partial charge is 0.390 e. The first kappa shape index (κ1) is 13.6. The first-order chi connectivity index (χ1) is 7.65. The van der Waals surface area contributed by atoms with E-state index in [4.69, 9.17) is 0 Å². The van der Waals surface area contributed by atoms with E-state index in [2.05, 4.69) is 41.7 Å². The van der Waals surface area contributed by atoms with Gasteiger partial charge in [-0.2, -0.15) is 0 Å². The standard InChI is InChI=1S/C12H22N2OS/c1-4-13-8-11(15)9-14(3)10(2)12-6-5-7-16-12/h5-7,10-11,13,15H,4,8-9H2,1-3H3. The minimum atomic E-state index is -0.299. The second kappa shape index (κ2) is 7.01. The first-order valence-corrected chi connectivity index (χ1v) is 6.65. The molecular formula is C12H22N2OS. The summed E-state index contributed by atoms with van der Waals surface area (Å²) in [6.45, 7) is 6.49. The van der Waals surface area contributed by atoms with Crippen molar-refractivity contribution >= 4 is 11.3 Å². The Balaban J connectivity index is 2.36. The molecule has 2 N–H and O–H groups in total. The lowest BCUT2D eigenvalue weighted by molar-refractivity contribution is 0.108. The molecule has 0 aliphatic carbocycles. The average Bonchev–Trinajstić information content (AvgIpc) is 2.78. The van der Waals surface area contributed by atoms with Crippen LogP contribution in [-0.2, 0) is 0 Å². The molecule has 0 amide bonds. The summed E-state index contributed by atoms with van der Waals surface area (Å²) in [6, 6.07) is 4.58. The zero-order valence-corrected chi connectivity index (χ0v) is 11.1. The van der Waals surface area contributed by atoms with Crippen molar-refractivity contribution in [2.75, 3.05) is 26.7 Å². The Bertz CT molecular complexity index is 277. The van der Waals surface area contributed by atoms with Crippen LogP contribution < -0.4 is 5.32 Å². The second-order valence-corrected chi connectivity index (χ2v) is 5.07. The molecule has 0 aromatic carbocycles. The van der Waals surface area contributed by atoms with Gasteiger partial charge in [-0.15, -0.1) is 11.3 Å². The van der Waals surface area contributed by atoms with Gasteiger partial charge < -0.3 is 10.4 Å². The summed E-state index contributed by atoms with van der Waals surface area (Å²) in [7, 11) is 2.06. The molecule has 0 aliphatic rings. The number of hydrogen-bond acceptors (Lipinski definition) is 4. The van der Waals surface area contributed by atoms with E-state index in [0.29, 0.717) is 19.1 Å². The van der Waals surface area contributed by atoms with Crippen molar-refractivity contribution in [3.63, 3.8) is 0 Å². The van der Waals surface area contributed by atoms with Gasteiger partial charge in [0.15, 0.2) is 0 Å². The molecule has 0 saturated heterocycles. The van der Waals surface area contributed by atoms with Crippen molar-refractivity contribution in [1.82, 2.24) is 10.2 Å². The van der Waals surface area contributed by atoms with Crippen molar-refractivity contribution in [2.24, 2.45) is 0 Å². The first-order valence-electron chi connectivity index (χ1n) is 5.77. The number of thiophene rings is 1. The fraction of sp³-hybridized carbons (Fsp3) is 0.667. The van der Waals surface area contributed by atoms with Crippen LogP contribution in [0, 0.1) is 0 Å². The van der Waals surface area contributed by atoms with Gasteiger partial charge in [0, 0.05) is 24.0 Å². The van der Waals surface area contributed by atoms with Gasteiger partial charge in [0.2, 0.25) is 0 Å². The smallest absolute Gasteiger partial charge is 0.0791 e. The second-order valence-electron chi connectivity index (χ2n) is 4.09. The van der Waals surface area contributed by atoms with E-state index in [1.807, 2.05) is 6.92 Å². The van der Waals surface area contributed by atoms with Gasteiger partial charge in [-0.25, -0.2) is 0 Å². The van der Waals surface area contributed by atoms with Gasteiger partial charge >= 0.3 is 0 Å². The molecule has 0 fully saturated rings. The van der Waals surface area contributed by atoms with E-state index in [1.54, 1.807) is 11.3 Å². The maximum Gasteiger partial charge on any atom is 0.0791 e. The fourth-order valence-corrected chi connectivity index (χ4v) is 2.46.